The minimum Gasteiger partial charge on any atom is -0.507 e. The standard InChI is InChI=1S/C15H16BrNO2/c1-9-6-7-11(8-12(9)16)17-10(2)15-13(18)4-3-5-14(15)19/h3-8,10,17-19H,1-2H3. The van der Waals surface area contributed by atoms with Gasteiger partial charge in [0.1, 0.15) is 11.5 Å². The predicted octanol–water partition coefficient (Wildman–Crippen LogP) is 4.34. The average molecular weight is 322 g/mol. The fourth-order valence-electron chi connectivity index (χ4n) is 1.99. The normalized spacial score (nSPS) is 12.2. The zero-order valence-corrected chi connectivity index (χ0v) is 12.4. The molecule has 1 unspecified atom stereocenters. The second-order valence-electron chi connectivity index (χ2n) is 4.54. The van der Waals surface area contributed by atoms with E-state index in [0.29, 0.717) is 5.56 Å². The molecule has 0 aromatic heterocycles. The van der Waals surface area contributed by atoms with E-state index in [9.17, 15) is 10.2 Å². The lowest BCUT2D eigenvalue weighted by atomic mass is 10.1. The largest absolute Gasteiger partial charge is 0.507 e. The second-order valence-corrected chi connectivity index (χ2v) is 5.39. The first-order valence-corrected chi connectivity index (χ1v) is 6.82. The Bertz CT molecular complexity index is 578. The third kappa shape index (κ3) is 3.01. The molecule has 1 atom stereocenters. The minimum absolute atomic E-state index is 0.0891. The van der Waals surface area contributed by atoms with Crippen LogP contribution in [0.1, 0.15) is 24.1 Å². The van der Waals surface area contributed by atoms with E-state index in [-0.39, 0.29) is 17.5 Å². The van der Waals surface area contributed by atoms with Crippen molar-refractivity contribution in [3.05, 3.63) is 52.0 Å². The van der Waals surface area contributed by atoms with E-state index < -0.39 is 0 Å². The Balaban J connectivity index is 2.25. The number of hydrogen-bond donors (Lipinski definition) is 3. The van der Waals surface area contributed by atoms with Crippen molar-refractivity contribution in [2.75, 3.05) is 5.32 Å². The molecule has 0 fully saturated rings. The summed E-state index contributed by atoms with van der Waals surface area (Å²) in [4.78, 5) is 0. The van der Waals surface area contributed by atoms with E-state index in [4.69, 9.17) is 0 Å². The summed E-state index contributed by atoms with van der Waals surface area (Å²) in [6.07, 6.45) is 0. The van der Waals surface area contributed by atoms with Gasteiger partial charge in [0.05, 0.1) is 11.6 Å². The van der Waals surface area contributed by atoms with Crippen LogP contribution >= 0.6 is 15.9 Å². The number of benzene rings is 2. The zero-order chi connectivity index (χ0) is 14.0. The van der Waals surface area contributed by atoms with Gasteiger partial charge >= 0.3 is 0 Å². The first-order chi connectivity index (χ1) is 8.99. The van der Waals surface area contributed by atoms with Crippen molar-refractivity contribution in [1.29, 1.82) is 0 Å². The quantitative estimate of drug-likeness (QED) is 0.788. The summed E-state index contributed by atoms with van der Waals surface area (Å²) in [5.41, 5.74) is 2.58. The van der Waals surface area contributed by atoms with E-state index in [0.717, 1.165) is 15.7 Å². The number of aromatic hydroxyl groups is 2. The molecule has 2 rings (SSSR count). The topological polar surface area (TPSA) is 52.5 Å². The van der Waals surface area contributed by atoms with Gasteiger partial charge in [-0.25, -0.2) is 0 Å². The van der Waals surface area contributed by atoms with Crippen LogP contribution in [0.5, 0.6) is 11.5 Å². The average Bonchev–Trinajstić information content (AvgIpc) is 2.33. The number of rotatable bonds is 3. The zero-order valence-electron chi connectivity index (χ0n) is 10.8. The van der Waals surface area contributed by atoms with Gasteiger partial charge in [0.15, 0.2) is 0 Å². The summed E-state index contributed by atoms with van der Waals surface area (Å²) >= 11 is 3.48. The van der Waals surface area contributed by atoms with Crippen LogP contribution < -0.4 is 5.32 Å². The highest BCUT2D eigenvalue weighted by Crippen LogP contribution is 2.34. The number of hydrogen-bond acceptors (Lipinski definition) is 3. The lowest BCUT2D eigenvalue weighted by Gasteiger charge is -2.18. The Kier molecular flexibility index (Phi) is 4.00. The number of anilines is 1. The highest BCUT2D eigenvalue weighted by atomic mass is 79.9. The molecule has 0 aliphatic rings. The SMILES string of the molecule is Cc1ccc(NC(C)c2c(O)cccc2O)cc1Br. The Labute approximate surface area is 121 Å². The Morgan fingerprint density at radius 1 is 1.11 bits per heavy atom. The summed E-state index contributed by atoms with van der Waals surface area (Å²) < 4.78 is 1.02. The fourth-order valence-corrected chi connectivity index (χ4v) is 2.37. The van der Waals surface area contributed by atoms with Crippen molar-refractivity contribution in [1.82, 2.24) is 0 Å². The molecule has 19 heavy (non-hydrogen) atoms. The molecule has 0 saturated carbocycles. The Morgan fingerprint density at radius 3 is 2.32 bits per heavy atom. The smallest absolute Gasteiger partial charge is 0.124 e. The van der Waals surface area contributed by atoms with Crippen LogP contribution in [0.4, 0.5) is 5.69 Å². The summed E-state index contributed by atoms with van der Waals surface area (Å²) in [7, 11) is 0. The summed E-state index contributed by atoms with van der Waals surface area (Å²) in [6.45, 7) is 3.91. The molecule has 0 saturated heterocycles. The van der Waals surface area contributed by atoms with Crippen LogP contribution in [0.15, 0.2) is 40.9 Å². The second kappa shape index (κ2) is 5.53. The van der Waals surface area contributed by atoms with Gasteiger partial charge in [-0.1, -0.05) is 28.1 Å². The molecule has 0 aliphatic carbocycles. The van der Waals surface area contributed by atoms with Crippen LogP contribution in [-0.4, -0.2) is 10.2 Å². The molecule has 0 amide bonds. The lowest BCUT2D eigenvalue weighted by molar-refractivity contribution is 0.434. The van der Waals surface area contributed by atoms with E-state index in [1.165, 1.54) is 0 Å². The molecule has 0 spiro atoms. The van der Waals surface area contributed by atoms with Gasteiger partial charge in [-0.3, -0.25) is 0 Å². The van der Waals surface area contributed by atoms with Crippen LogP contribution in [0.2, 0.25) is 0 Å². The number of nitrogens with one attached hydrogen (secondary N) is 1. The van der Waals surface area contributed by atoms with Gasteiger partial charge in [-0.2, -0.15) is 0 Å². The Hall–Kier alpha value is -1.68. The van der Waals surface area contributed by atoms with E-state index >= 15 is 0 Å². The van der Waals surface area contributed by atoms with Crippen molar-refractivity contribution < 1.29 is 10.2 Å². The van der Waals surface area contributed by atoms with Crippen molar-refractivity contribution in [3.8, 4) is 11.5 Å². The highest BCUT2D eigenvalue weighted by Gasteiger charge is 2.14. The number of halogens is 1. The summed E-state index contributed by atoms with van der Waals surface area (Å²) in [5, 5.41) is 22.9. The molecular formula is C15H16BrNO2. The molecule has 4 heteroatoms. The minimum atomic E-state index is -0.198. The van der Waals surface area contributed by atoms with Gasteiger partial charge in [0.25, 0.3) is 0 Å². The maximum absolute atomic E-state index is 9.83. The highest BCUT2D eigenvalue weighted by molar-refractivity contribution is 9.10. The predicted molar refractivity (Wildman–Crippen MR) is 80.7 cm³/mol. The van der Waals surface area contributed by atoms with Gasteiger partial charge in [0, 0.05) is 10.2 Å². The van der Waals surface area contributed by atoms with E-state index in [1.807, 2.05) is 32.0 Å². The molecule has 0 bridgehead atoms. The number of phenols is 2. The van der Waals surface area contributed by atoms with Crippen molar-refractivity contribution in [3.63, 3.8) is 0 Å². The maximum atomic E-state index is 9.83. The van der Waals surface area contributed by atoms with E-state index in [2.05, 4.69) is 21.2 Å². The van der Waals surface area contributed by atoms with Gasteiger partial charge in [0.2, 0.25) is 0 Å². The maximum Gasteiger partial charge on any atom is 0.124 e. The molecule has 3 nitrogen and oxygen atoms in total. The van der Waals surface area contributed by atoms with E-state index in [1.54, 1.807) is 18.2 Å². The van der Waals surface area contributed by atoms with Crippen molar-refractivity contribution >= 4 is 21.6 Å². The van der Waals surface area contributed by atoms with Crippen LogP contribution in [0.3, 0.4) is 0 Å². The molecule has 3 N–H and O–H groups in total. The molecule has 100 valence electrons. The van der Waals surface area contributed by atoms with Gasteiger partial charge in [-0.05, 0) is 43.7 Å². The first-order valence-electron chi connectivity index (χ1n) is 6.02. The molecular weight excluding hydrogens is 306 g/mol. The summed E-state index contributed by atoms with van der Waals surface area (Å²) in [5.74, 6) is 0.178. The van der Waals surface area contributed by atoms with Crippen molar-refractivity contribution in [2.24, 2.45) is 0 Å². The third-order valence-corrected chi connectivity index (χ3v) is 3.90. The molecule has 2 aromatic carbocycles. The molecule has 2 aromatic rings. The Morgan fingerprint density at radius 2 is 1.74 bits per heavy atom. The third-order valence-electron chi connectivity index (χ3n) is 3.05. The van der Waals surface area contributed by atoms with Gasteiger partial charge in [-0.15, -0.1) is 0 Å². The number of phenolic OH excluding ortho intramolecular Hbond substituents is 2. The van der Waals surface area contributed by atoms with Gasteiger partial charge < -0.3 is 15.5 Å². The molecule has 0 radical (unpaired) electrons. The number of aryl methyl sites for hydroxylation is 1. The lowest BCUT2D eigenvalue weighted by Crippen LogP contribution is -2.07. The molecule has 0 heterocycles. The fraction of sp³-hybridized carbons (Fsp3) is 0.200. The van der Waals surface area contributed by atoms with Crippen LogP contribution in [0.25, 0.3) is 0 Å². The van der Waals surface area contributed by atoms with Crippen LogP contribution in [0, 0.1) is 6.92 Å². The van der Waals surface area contributed by atoms with Crippen LogP contribution in [-0.2, 0) is 0 Å². The van der Waals surface area contributed by atoms with Crippen molar-refractivity contribution in [2.45, 2.75) is 19.9 Å². The molecule has 0 aliphatic heterocycles. The summed E-state index contributed by atoms with van der Waals surface area (Å²) in [6, 6.07) is 10.5. The monoisotopic (exact) mass is 321 g/mol. The first kappa shape index (κ1) is 13.7.